The summed E-state index contributed by atoms with van der Waals surface area (Å²) in [5.74, 6) is -1.65. The van der Waals surface area contributed by atoms with Gasteiger partial charge in [0.25, 0.3) is 0 Å². The van der Waals surface area contributed by atoms with Gasteiger partial charge in [0, 0.05) is 31.2 Å². The van der Waals surface area contributed by atoms with Crippen molar-refractivity contribution in [1.82, 2.24) is 34.4 Å². The van der Waals surface area contributed by atoms with Crippen molar-refractivity contribution in [3.8, 4) is 0 Å². The molecule has 4 aromatic rings. The van der Waals surface area contributed by atoms with Gasteiger partial charge in [-0.2, -0.15) is 4.98 Å². The van der Waals surface area contributed by atoms with E-state index < -0.39 is 107 Å². The van der Waals surface area contributed by atoms with E-state index in [1.54, 1.807) is 12.1 Å². The van der Waals surface area contributed by atoms with E-state index in [4.69, 9.17) is 34.7 Å². The minimum absolute atomic E-state index is 0.0162. The van der Waals surface area contributed by atoms with Gasteiger partial charge >= 0.3 is 27.3 Å². The van der Waals surface area contributed by atoms with Gasteiger partial charge in [0.2, 0.25) is 5.91 Å². The molecule has 2 aliphatic rings. The van der Waals surface area contributed by atoms with E-state index in [9.17, 15) is 48.1 Å². The molecule has 2 unspecified atom stereocenters. The van der Waals surface area contributed by atoms with Gasteiger partial charge in [-0.1, -0.05) is 48.2 Å². The maximum absolute atomic E-state index is 13.9. The smallest absolute Gasteiger partial charge is 0.455 e. The SMILES string of the molecule is C=CCCC(=O)NC(CC(=O)SCc1ccccc1)C(=O)O[C@H]1[C@@H](O)[C@H](n2cnc3c(N)ncnc32)O[C@@H]1COP(=O)(O)O[C@H]1C[C@H](n2ccc(N)nc2=O)O[C@@H]1COP(=O)(O)O. The Kier molecular flexibility index (Phi) is 15.6. The molecule has 1 amide bonds. The fourth-order valence-corrected chi connectivity index (χ4v) is 8.58. The van der Waals surface area contributed by atoms with Crippen LogP contribution in [0.15, 0.2) is 72.7 Å². The molecule has 340 valence electrons. The van der Waals surface area contributed by atoms with Crippen LogP contribution in [-0.2, 0) is 57.0 Å². The summed E-state index contributed by atoms with van der Waals surface area (Å²) < 4.78 is 60.0. The average molecular weight is 940 g/mol. The van der Waals surface area contributed by atoms with Crippen LogP contribution in [0, 0.1) is 0 Å². The summed E-state index contributed by atoms with van der Waals surface area (Å²) in [6.45, 7) is 1.77. The number of phosphoric ester groups is 2. The summed E-state index contributed by atoms with van der Waals surface area (Å²) in [5.41, 5.74) is 11.7. The molecule has 9 N–H and O–H groups in total. The van der Waals surface area contributed by atoms with Crippen molar-refractivity contribution in [2.24, 2.45) is 0 Å². The molecule has 2 fully saturated rings. The van der Waals surface area contributed by atoms with Crippen molar-refractivity contribution in [3.05, 3.63) is 84.0 Å². The summed E-state index contributed by atoms with van der Waals surface area (Å²) in [5, 5.41) is 13.7. The quantitative estimate of drug-likeness (QED) is 0.0363. The number of anilines is 2. The lowest BCUT2D eigenvalue weighted by Gasteiger charge is -2.25. The Morgan fingerprint density at radius 3 is 2.49 bits per heavy atom. The fourth-order valence-electron chi connectivity index (χ4n) is 6.48. The van der Waals surface area contributed by atoms with Crippen LogP contribution in [0.3, 0.4) is 0 Å². The number of nitrogens with zero attached hydrogens (tertiary/aromatic N) is 6. The lowest BCUT2D eigenvalue weighted by atomic mass is 10.1. The molecule has 25 nitrogen and oxygen atoms in total. The van der Waals surface area contributed by atoms with E-state index in [1.165, 1.54) is 29.2 Å². The van der Waals surface area contributed by atoms with Crippen LogP contribution in [0.25, 0.3) is 11.2 Å². The van der Waals surface area contributed by atoms with E-state index in [0.29, 0.717) is 0 Å². The third-order valence-electron chi connectivity index (χ3n) is 9.45. The van der Waals surface area contributed by atoms with Crippen LogP contribution < -0.4 is 22.5 Å². The molecule has 5 heterocycles. The standard InChI is InChI=1S/C35H43N9O16P2S/c1-2-3-9-25(45)41-20(12-27(46)63-16-19-7-5-4-6-8-19)34(48)59-30-23(58-33(29(30)47)44-18-40-28-31(37)38-17-39-32(28)44)15-56-62(53,54)60-21-13-26(43-11-10-24(36)42-35(43)49)57-22(21)14-55-61(50,51)52/h2,4-8,10-11,17-18,20-23,26,29-30,33,47H,1,3,9,12-16H2,(H,41,45)(H,53,54)(H2,36,42,49)(H2,37,38,39)(H2,50,51,52)/t20?,21-,22+,23+,26+,29+,30+,33+/m0/s1. The molecule has 6 rings (SSSR count). The predicted octanol–water partition coefficient (Wildman–Crippen LogP) is 0.618. The van der Waals surface area contributed by atoms with Crippen LogP contribution in [0.2, 0.25) is 0 Å². The van der Waals surface area contributed by atoms with E-state index in [-0.39, 0.29) is 47.8 Å². The van der Waals surface area contributed by atoms with Crippen LogP contribution in [0.5, 0.6) is 0 Å². The van der Waals surface area contributed by atoms with Crippen molar-refractivity contribution >= 4 is 67.2 Å². The van der Waals surface area contributed by atoms with E-state index in [1.807, 2.05) is 18.2 Å². The Hall–Kier alpha value is -4.95. The Bertz CT molecular complexity index is 2440. The normalized spacial score (nSPS) is 23.8. The highest BCUT2D eigenvalue weighted by atomic mass is 32.2. The first kappa shape index (κ1) is 47.5. The monoisotopic (exact) mass is 939 g/mol. The van der Waals surface area contributed by atoms with Crippen molar-refractivity contribution in [2.75, 3.05) is 24.7 Å². The zero-order valence-electron chi connectivity index (χ0n) is 32.9. The highest BCUT2D eigenvalue weighted by Crippen LogP contribution is 2.50. The number of nitrogens with one attached hydrogen (secondary N) is 1. The number of imidazole rings is 1. The number of nitrogens with two attached hydrogens (primary N) is 2. The van der Waals surface area contributed by atoms with Crippen LogP contribution >= 0.6 is 27.4 Å². The topological polar surface area (TPSA) is 364 Å². The maximum atomic E-state index is 13.9. The number of carbonyl (C=O) groups is 3. The molecular weight excluding hydrogens is 896 g/mol. The second-order valence-corrected chi connectivity index (χ2v) is 17.6. The summed E-state index contributed by atoms with van der Waals surface area (Å²) in [6.07, 6.45) is -6.48. The molecule has 0 saturated carbocycles. The second kappa shape index (κ2) is 20.7. The number of rotatable bonds is 20. The third-order valence-corrected chi connectivity index (χ3v) is 11.9. The summed E-state index contributed by atoms with van der Waals surface area (Å²) in [7, 11) is -10.4. The number of thioether (sulfide) groups is 1. The van der Waals surface area contributed by atoms with Gasteiger partial charge in [-0.15, -0.1) is 6.58 Å². The number of hydrogen-bond donors (Lipinski definition) is 7. The number of aliphatic hydroxyl groups is 1. The highest BCUT2D eigenvalue weighted by Gasteiger charge is 2.50. The zero-order chi connectivity index (χ0) is 45.5. The number of esters is 1. The van der Waals surface area contributed by atoms with Crippen molar-refractivity contribution in [1.29, 1.82) is 0 Å². The Balaban J connectivity index is 1.22. The number of amides is 1. The lowest BCUT2D eigenvalue weighted by Crippen LogP contribution is -2.47. The molecule has 2 saturated heterocycles. The number of allylic oxidation sites excluding steroid dienone is 1. The van der Waals surface area contributed by atoms with Crippen LogP contribution in [0.1, 0.15) is 43.7 Å². The third kappa shape index (κ3) is 12.6. The molecule has 2 aliphatic heterocycles. The van der Waals surface area contributed by atoms with Crippen molar-refractivity contribution in [2.45, 2.75) is 80.5 Å². The molecule has 3 aromatic heterocycles. The lowest BCUT2D eigenvalue weighted by molar-refractivity contribution is -0.160. The second-order valence-electron chi connectivity index (χ2n) is 13.9. The minimum atomic E-state index is -5.26. The van der Waals surface area contributed by atoms with Gasteiger partial charge in [0.05, 0.1) is 19.5 Å². The predicted molar refractivity (Wildman–Crippen MR) is 218 cm³/mol. The number of aromatic nitrogens is 6. The average Bonchev–Trinajstić information content (AvgIpc) is 3.93. The van der Waals surface area contributed by atoms with Gasteiger partial charge in [-0.25, -0.2) is 33.7 Å². The number of hydrogen-bond acceptors (Lipinski definition) is 20. The molecule has 0 aliphatic carbocycles. The number of nitrogen functional groups attached to an aromatic ring is 2. The molecule has 28 heteroatoms. The first-order valence-electron chi connectivity index (χ1n) is 18.8. The summed E-state index contributed by atoms with van der Waals surface area (Å²) in [6, 6.07) is 8.72. The van der Waals surface area contributed by atoms with Crippen LogP contribution in [0.4, 0.5) is 11.6 Å². The number of phosphoric acid groups is 2. The Labute approximate surface area is 361 Å². The molecular formula is C35H43N9O16P2S. The van der Waals surface area contributed by atoms with Gasteiger partial charge < -0.3 is 50.8 Å². The highest BCUT2D eigenvalue weighted by molar-refractivity contribution is 8.12. The number of carbonyl (C=O) groups excluding carboxylic acids is 3. The fraction of sp³-hybridized carbons (Fsp3) is 0.429. The van der Waals surface area contributed by atoms with Gasteiger partial charge in [-0.05, 0) is 18.1 Å². The molecule has 0 spiro atoms. The van der Waals surface area contributed by atoms with E-state index in [0.717, 1.165) is 28.2 Å². The van der Waals surface area contributed by atoms with Gasteiger partial charge in [0.1, 0.15) is 54.3 Å². The zero-order valence-corrected chi connectivity index (χ0v) is 35.5. The molecule has 1 aromatic carbocycles. The Morgan fingerprint density at radius 1 is 1.03 bits per heavy atom. The van der Waals surface area contributed by atoms with E-state index in [2.05, 4.69) is 36.4 Å². The van der Waals surface area contributed by atoms with Crippen LogP contribution in [-0.4, -0.2) is 116 Å². The van der Waals surface area contributed by atoms with E-state index >= 15 is 0 Å². The van der Waals surface area contributed by atoms with Gasteiger partial charge in [-0.3, -0.25) is 32.3 Å². The molecule has 63 heavy (non-hydrogen) atoms. The molecule has 0 bridgehead atoms. The Morgan fingerprint density at radius 2 is 1.78 bits per heavy atom. The minimum Gasteiger partial charge on any atom is -0.455 e. The first-order valence-corrected chi connectivity index (χ1v) is 22.8. The maximum Gasteiger partial charge on any atom is 0.472 e. The van der Waals surface area contributed by atoms with Crippen molar-refractivity contribution in [3.63, 3.8) is 0 Å². The largest absolute Gasteiger partial charge is 0.472 e. The molecule has 9 atom stereocenters. The first-order chi connectivity index (χ1) is 29.9. The number of fused-ring (bicyclic) bond motifs is 1. The number of aliphatic hydroxyl groups excluding tert-OH is 1. The molecule has 0 radical (unpaired) electrons. The summed E-state index contributed by atoms with van der Waals surface area (Å²) >= 11 is 0.899. The number of ether oxygens (including phenoxy) is 3. The van der Waals surface area contributed by atoms with Gasteiger partial charge in [0.15, 0.2) is 28.9 Å². The van der Waals surface area contributed by atoms with Crippen molar-refractivity contribution < 1.29 is 71.1 Å². The summed E-state index contributed by atoms with van der Waals surface area (Å²) in [4.78, 5) is 97.8. The number of benzene rings is 1.